The molecule has 1 aromatic heterocycles. The van der Waals surface area contributed by atoms with E-state index in [4.69, 9.17) is 5.11 Å². The summed E-state index contributed by atoms with van der Waals surface area (Å²) in [5, 5.41) is 8.71. The summed E-state index contributed by atoms with van der Waals surface area (Å²) in [6.45, 7) is 0. The van der Waals surface area contributed by atoms with Gasteiger partial charge in [0.1, 0.15) is 0 Å². The molecule has 1 rings (SSSR count). The Balaban J connectivity index is 3.17. The molecule has 1 radical (unpaired) electrons. The van der Waals surface area contributed by atoms with Crippen LogP contribution in [0, 0.1) is 6.07 Å². The van der Waals surface area contributed by atoms with E-state index in [1.165, 1.54) is 6.20 Å². The van der Waals surface area contributed by atoms with Crippen molar-refractivity contribution in [3.63, 3.8) is 0 Å². The fourth-order valence-corrected chi connectivity index (χ4v) is 0.855. The van der Waals surface area contributed by atoms with E-state index in [1.54, 1.807) is 25.1 Å². The predicted molar refractivity (Wildman–Crippen MR) is 44.4 cm³/mol. The lowest BCUT2D eigenvalue weighted by atomic mass is 10.3. The van der Waals surface area contributed by atoms with Crippen molar-refractivity contribution in [1.82, 2.24) is 4.98 Å². The van der Waals surface area contributed by atoms with Gasteiger partial charge in [-0.05, 0) is 6.07 Å². The molecule has 0 spiro atoms. The van der Waals surface area contributed by atoms with Crippen LogP contribution in [0.3, 0.4) is 0 Å². The van der Waals surface area contributed by atoms with Crippen molar-refractivity contribution in [2.45, 2.75) is 0 Å². The molecule has 0 aliphatic rings. The van der Waals surface area contributed by atoms with Gasteiger partial charge in [-0.1, -0.05) is 0 Å². The fourth-order valence-electron chi connectivity index (χ4n) is 0.855. The molecule has 0 amide bonds. The quantitative estimate of drug-likeness (QED) is 0.698. The minimum absolute atomic E-state index is 0.0301. The average Bonchev–Trinajstić information content (AvgIpc) is 2.04. The highest BCUT2D eigenvalue weighted by Gasteiger charge is 2.11. The summed E-state index contributed by atoms with van der Waals surface area (Å²) in [6.07, 6.45) is 1.41. The number of carbonyl (C=O) groups is 1. The zero-order valence-corrected chi connectivity index (χ0v) is 6.90. The molecule has 0 unspecified atom stereocenters. The predicted octanol–water partition coefficient (Wildman–Crippen LogP) is 0.646. The van der Waals surface area contributed by atoms with Gasteiger partial charge in [-0.25, -0.2) is 9.78 Å². The van der Waals surface area contributed by atoms with Gasteiger partial charge in [0.05, 0.1) is 5.69 Å². The molecule has 0 aliphatic carbocycles. The van der Waals surface area contributed by atoms with E-state index in [2.05, 4.69) is 11.1 Å². The number of aromatic nitrogens is 1. The number of rotatable bonds is 2. The minimum atomic E-state index is -1.03. The van der Waals surface area contributed by atoms with E-state index >= 15 is 0 Å². The normalized spacial score (nSPS) is 9.50. The molecular weight excluding hydrogens is 156 g/mol. The maximum atomic E-state index is 10.6. The first kappa shape index (κ1) is 8.52. The largest absolute Gasteiger partial charge is 0.476 e. The summed E-state index contributed by atoms with van der Waals surface area (Å²) < 4.78 is 0. The maximum absolute atomic E-state index is 10.6. The average molecular weight is 165 g/mol. The van der Waals surface area contributed by atoms with Gasteiger partial charge in [-0.3, -0.25) is 0 Å². The molecule has 1 aromatic rings. The Bertz CT molecular complexity index is 297. The summed E-state index contributed by atoms with van der Waals surface area (Å²) in [4.78, 5) is 16.0. The van der Waals surface area contributed by atoms with Gasteiger partial charge in [-0.15, -0.1) is 0 Å². The van der Waals surface area contributed by atoms with E-state index < -0.39 is 5.97 Å². The Morgan fingerprint density at radius 2 is 2.33 bits per heavy atom. The molecule has 0 bridgehead atoms. The second kappa shape index (κ2) is 3.21. The summed E-state index contributed by atoms with van der Waals surface area (Å²) in [6, 6.07) is 4.39. The first-order valence-electron chi connectivity index (χ1n) is 3.40. The monoisotopic (exact) mass is 165 g/mol. The molecule has 4 heteroatoms. The van der Waals surface area contributed by atoms with Crippen molar-refractivity contribution < 1.29 is 9.90 Å². The molecule has 12 heavy (non-hydrogen) atoms. The van der Waals surface area contributed by atoms with Gasteiger partial charge < -0.3 is 10.0 Å². The van der Waals surface area contributed by atoms with E-state index in [0.717, 1.165) is 0 Å². The van der Waals surface area contributed by atoms with Crippen molar-refractivity contribution in [3.8, 4) is 0 Å². The van der Waals surface area contributed by atoms with Crippen molar-refractivity contribution in [2.75, 3.05) is 19.0 Å². The lowest BCUT2D eigenvalue weighted by Gasteiger charge is -2.12. The van der Waals surface area contributed by atoms with Gasteiger partial charge in [0.25, 0.3) is 0 Å². The molecular formula is C8H9N2O2. The zero-order chi connectivity index (χ0) is 9.14. The van der Waals surface area contributed by atoms with Crippen LogP contribution in [0.4, 0.5) is 5.69 Å². The summed E-state index contributed by atoms with van der Waals surface area (Å²) in [5.74, 6) is -1.03. The fraction of sp³-hybridized carbons (Fsp3) is 0.250. The number of hydrogen-bond donors (Lipinski definition) is 1. The highest BCUT2D eigenvalue weighted by molar-refractivity contribution is 5.91. The van der Waals surface area contributed by atoms with Crippen LogP contribution < -0.4 is 4.90 Å². The number of hydrogen-bond acceptors (Lipinski definition) is 3. The Morgan fingerprint density at radius 1 is 1.67 bits per heavy atom. The number of carboxylic acid groups (broad SMARTS) is 1. The van der Waals surface area contributed by atoms with Crippen LogP contribution in [0.15, 0.2) is 12.3 Å². The third-order valence-corrected chi connectivity index (χ3v) is 1.37. The molecule has 0 fully saturated rings. The zero-order valence-electron chi connectivity index (χ0n) is 6.90. The highest BCUT2D eigenvalue weighted by Crippen LogP contribution is 2.13. The van der Waals surface area contributed by atoms with Crippen molar-refractivity contribution in [3.05, 3.63) is 24.0 Å². The van der Waals surface area contributed by atoms with Crippen molar-refractivity contribution >= 4 is 11.7 Å². The second-order valence-electron chi connectivity index (χ2n) is 2.49. The van der Waals surface area contributed by atoms with E-state index in [1.807, 2.05) is 0 Å². The molecule has 1 N–H and O–H groups in total. The Kier molecular flexibility index (Phi) is 2.28. The van der Waals surface area contributed by atoms with Crippen LogP contribution >= 0.6 is 0 Å². The first-order chi connectivity index (χ1) is 5.63. The minimum Gasteiger partial charge on any atom is -0.476 e. The standard InChI is InChI=1S/C8H9N2O2/c1-10(2)6-4-3-5-9-7(6)8(11)12/h3,5H,1-2H3,(H,11,12). The molecule has 1 heterocycles. The molecule has 4 nitrogen and oxygen atoms in total. The molecule has 0 aliphatic heterocycles. The van der Waals surface area contributed by atoms with Crippen molar-refractivity contribution in [1.29, 1.82) is 0 Å². The molecule has 63 valence electrons. The van der Waals surface area contributed by atoms with Crippen LogP contribution in [0.2, 0.25) is 0 Å². The maximum Gasteiger partial charge on any atom is 0.356 e. The Labute approximate surface area is 70.5 Å². The summed E-state index contributed by atoms with van der Waals surface area (Å²) in [5.41, 5.74) is 0.521. The molecule has 0 aromatic carbocycles. The third kappa shape index (κ3) is 1.53. The molecule has 0 atom stereocenters. The summed E-state index contributed by atoms with van der Waals surface area (Å²) >= 11 is 0. The van der Waals surface area contributed by atoms with Gasteiger partial charge in [0, 0.05) is 26.4 Å². The number of nitrogens with zero attached hydrogens (tertiary/aromatic N) is 2. The van der Waals surface area contributed by atoms with Crippen LogP contribution in [0.5, 0.6) is 0 Å². The van der Waals surface area contributed by atoms with Gasteiger partial charge in [0.2, 0.25) is 0 Å². The Hall–Kier alpha value is -1.58. The second-order valence-corrected chi connectivity index (χ2v) is 2.49. The van der Waals surface area contributed by atoms with Gasteiger partial charge >= 0.3 is 5.97 Å². The number of pyridine rings is 1. The van der Waals surface area contributed by atoms with E-state index in [9.17, 15) is 4.79 Å². The number of anilines is 1. The number of carboxylic acids is 1. The lowest BCUT2D eigenvalue weighted by Crippen LogP contribution is -2.15. The first-order valence-corrected chi connectivity index (χ1v) is 3.40. The SMILES string of the molecule is CN(C)c1[c]ccnc1C(=O)O. The van der Waals surface area contributed by atoms with Gasteiger partial charge in [0.15, 0.2) is 5.69 Å². The van der Waals surface area contributed by atoms with Crippen LogP contribution in [-0.2, 0) is 0 Å². The van der Waals surface area contributed by atoms with Crippen LogP contribution in [-0.4, -0.2) is 30.2 Å². The Morgan fingerprint density at radius 3 is 2.75 bits per heavy atom. The molecule has 0 saturated heterocycles. The highest BCUT2D eigenvalue weighted by atomic mass is 16.4. The summed E-state index contributed by atoms with van der Waals surface area (Å²) in [7, 11) is 3.50. The number of aromatic carboxylic acids is 1. The smallest absolute Gasteiger partial charge is 0.356 e. The van der Waals surface area contributed by atoms with Crippen LogP contribution in [0.25, 0.3) is 0 Å². The van der Waals surface area contributed by atoms with E-state index in [-0.39, 0.29) is 5.69 Å². The van der Waals surface area contributed by atoms with Crippen LogP contribution in [0.1, 0.15) is 10.5 Å². The topological polar surface area (TPSA) is 53.4 Å². The van der Waals surface area contributed by atoms with E-state index in [0.29, 0.717) is 5.69 Å². The van der Waals surface area contributed by atoms with Gasteiger partial charge in [-0.2, -0.15) is 0 Å². The lowest BCUT2D eigenvalue weighted by molar-refractivity contribution is 0.0691. The third-order valence-electron chi connectivity index (χ3n) is 1.37. The van der Waals surface area contributed by atoms with Crippen molar-refractivity contribution in [2.24, 2.45) is 0 Å². The molecule has 0 saturated carbocycles.